The molecular weight excluding hydrogens is 1500 g/mol. The second kappa shape index (κ2) is 48.7. The molecule has 634 valence electrons. The fraction of sp³-hybridized carbons (Fsp3) is 0.388. The maximum absolute atomic E-state index is 13.7. The molecule has 10 aromatic carbocycles. The van der Waals surface area contributed by atoms with Gasteiger partial charge >= 0.3 is 0 Å². The molecule has 4 heterocycles. The van der Waals surface area contributed by atoms with E-state index in [2.05, 4.69) is 20.8 Å². The van der Waals surface area contributed by atoms with Crippen LogP contribution in [-0.4, -0.2) is 39.6 Å². The van der Waals surface area contributed by atoms with Crippen LogP contribution < -0.4 is 0 Å². The highest BCUT2D eigenvalue weighted by atomic mass is 19.2. The molecule has 0 aromatic heterocycles. The first-order valence-corrected chi connectivity index (χ1v) is 36.9. The molecule has 4 saturated heterocycles. The summed E-state index contributed by atoms with van der Waals surface area (Å²) in [6.45, 7) is 28.9. The van der Waals surface area contributed by atoms with Gasteiger partial charge < -0.3 is 28.4 Å². The normalized spacial score (nSPS) is 18.3. The van der Waals surface area contributed by atoms with E-state index in [9.17, 15) is 52.7 Å². The number of hydrogen-bond acceptors (Lipinski definition) is 6. The molecule has 116 heavy (non-hydrogen) atoms. The van der Waals surface area contributed by atoms with Crippen molar-refractivity contribution in [3.05, 3.63) is 318 Å². The molecule has 0 radical (unpaired) electrons. The third kappa shape index (κ3) is 29.9. The Kier molecular flexibility index (Phi) is 43.4. The minimum atomic E-state index is -0.667. The summed E-state index contributed by atoms with van der Waals surface area (Å²) < 4.78 is 194. The lowest BCUT2D eigenvalue weighted by molar-refractivity contribution is -0.202. The Labute approximate surface area is 684 Å². The molecule has 0 saturated carbocycles. The summed E-state index contributed by atoms with van der Waals surface area (Å²) in [5.74, 6) is -3.52. The summed E-state index contributed by atoms with van der Waals surface area (Å²) in [4.78, 5) is 0. The van der Waals surface area contributed by atoms with Gasteiger partial charge in [-0.25, -0.2) is 52.7 Å². The number of hydrogen-bond donors (Lipinski definition) is 0. The summed E-state index contributed by atoms with van der Waals surface area (Å²) in [5.41, 5.74) is 11.8. The number of benzene rings is 10. The predicted octanol–water partition coefficient (Wildman–Crippen LogP) is 29.7. The highest BCUT2D eigenvalue weighted by Gasteiger charge is 2.26. The second-order valence-electron chi connectivity index (χ2n) is 29.3. The lowest BCUT2D eigenvalue weighted by Crippen LogP contribution is -2.25. The van der Waals surface area contributed by atoms with Gasteiger partial charge in [0.15, 0.2) is 12.6 Å². The molecule has 4 fully saturated rings. The molecule has 0 aliphatic carbocycles. The van der Waals surface area contributed by atoms with Gasteiger partial charge in [-0.05, 0) is 241 Å². The average Bonchev–Trinajstić information content (AvgIpc) is 0.814. The summed E-state index contributed by atoms with van der Waals surface area (Å²) in [7, 11) is 0. The minimum Gasteiger partial charge on any atom is -0.373 e. The zero-order chi connectivity index (χ0) is 80.2. The fourth-order valence-electron chi connectivity index (χ4n) is 11.8. The van der Waals surface area contributed by atoms with Gasteiger partial charge in [-0.1, -0.05) is 180 Å². The molecule has 0 spiro atoms. The monoisotopic (exact) mass is 1620 g/mol. The molecule has 0 N–H and O–H groups in total. The van der Waals surface area contributed by atoms with Crippen molar-refractivity contribution in [3.63, 3.8) is 0 Å². The molecule has 4 aliphatic heterocycles. The Hall–Kier alpha value is -8.88. The Morgan fingerprint density at radius 3 is 0.879 bits per heavy atom. The van der Waals surface area contributed by atoms with Crippen LogP contribution in [0.3, 0.4) is 0 Å². The van der Waals surface area contributed by atoms with Gasteiger partial charge in [-0.15, -0.1) is 0 Å². The van der Waals surface area contributed by atoms with E-state index in [4.69, 9.17) is 28.4 Å². The molecule has 4 aliphatic rings. The predicted molar refractivity (Wildman–Crippen MR) is 450 cm³/mol. The van der Waals surface area contributed by atoms with Gasteiger partial charge in [0.2, 0.25) is 0 Å². The van der Waals surface area contributed by atoms with Crippen LogP contribution >= 0.6 is 0 Å². The van der Waals surface area contributed by atoms with E-state index in [-0.39, 0.29) is 108 Å². The maximum Gasteiger partial charge on any atom is 0.184 e. The molecular formula is C98H122F12O6. The molecule has 4 unspecified atom stereocenters. The number of aryl methyl sites for hydroxylation is 6. The topological polar surface area (TPSA) is 55.4 Å². The van der Waals surface area contributed by atoms with E-state index < -0.39 is 64.9 Å². The molecule has 6 nitrogen and oxygen atoms in total. The second-order valence-corrected chi connectivity index (χ2v) is 29.3. The minimum absolute atomic E-state index is 0. The lowest BCUT2D eigenvalue weighted by atomic mass is 9.95. The maximum atomic E-state index is 13.7. The highest BCUT2D eigenvalue weighted by Crippen LogP contribution is 2.36. The van der Waals surface area contributed by atoms with Crippen LogP contribution in [0.2, 0.25) is 0 Å². The molecule has 14 rings (SSSR count). The number of rotatable bonds is 7. The highest BCUT2D eigenvalue weighted by molar-refractivity contribution is 5.66. The van der Waals surface area contributed by atoms with Crippen LogP contribution in [0, 0.1) is 163 Å². The van der Waals surface area contributed by atoms with Crippen LogP contribution in [0.5, 0.6) is 0 Å². The van der Waals surface area contributed by atoms with E-state index >= 15 is 0 Å². The smallest absolute Gasteiger partial charge is 0.184 e. The Morgan fingerprint density at radius 1 is 0.224 bits per heavy atom. The van der Waals surface area contributed by atoms with Crippen molar-refractivity contribution in [3.8, 4) is 33.4 Å². The van der Waals surface area contributed by atoms with E-state index in [1.807, 2.05) is 99.6 Å². The largest absolute Gasteiger partial charge is 0.373 e. The van der Waals surface area contributed by atoms with E-state index in [1.165, 1.54) is 94.3 Å². The zero-order valence-corrected chi connectivity index (χ0v) is 64.8. The van der Waals surface area contributed by atoms with Crippen LogP contribution in [-0.2, 0) is 28.4 Å². The first-order valence-electron chi connectivity index (χ1n) is 36.9. The summed E-state index contributed by atoms with van der Waals surface area (Å²) in [5, 5.41) is 0. The third-order valence-corrected chi connectivity index (χ3v) is 19.4. The summed E-state index contributed by atoms with van der Waals surface area (Å²) in [6.07, 6.45) is 2.93. The average molecular weight is 1620 g/mol. The molecule has 0 bridgehead atoms. The molecule has 10 aromatic rings. The molecule has 4 atom stereocenters. The van der Waals surface area contributed by atoms with Crippen molar-refractivity contribution in [2.24, 2.45) is 23.7 Å². The van der Waals surface area contributed by atoms with Crippen molar-refractivity contribution in [1.82, 2.24) is 0 Å². The SMILES string of the molecule is C.C.C.C.C.C.Cc1c(F)cc(C2CCC(C)CO2)cc1F.Cc1c(F)cc(C2OCC(C)CO2)cc1F.Cc1ccc(-c2cc(F)c(C)c(F)c2)c(F)c1.Cc1ccc(-c2cc(F)c(C)c(F)c2)cc1.Cc1ccc(-c2ccc(C)c(F)c2)cc1.Cc1ccc(C2CCC(C)CO2)cc1F.Cc1ccc(C2OCC(C)CO2)cc1F. The van der Waals surface area contributed by atoms with E-state index in [0.29, 0.717) is 90.1 Å². The third-order valence-electron chi connectivity index (χ3n) is 19.4. The number of halogens is 12. The Bertz CT molecular complexity index is 4410. The van der Waals surface area contributed by atoms with Crippen LogP contribution in [0.4, 0.5) is 52.7 Å². The molecule has 0 amide bonds. The van der Waals surface area contributed by atoms with Gasteiger partial charge in [0.1, 0.15) is 69.8 Å². The Morgan fingerprint density at radius 2 is 0.509 bits per heavy atom. The number of ether oxygens (including phenoxy) is 6. The van der Waals surface area contributed by atoms with Crippen LogP contribution in [0.25, 0.3) is 33.4 Å². The standard InChI is InChI=1S/C14H11F3.C14H12F2.C14H13F.C13H16F2O.C13H17FO.C12H14F2O2.C12H15FO2.6CH4/c1-8-3-4-11(14(17)5-8)10-6-12(15)9(2)13(16)7-10;1-9-3-5-11(6-4-9)12-7-13(15)10(2)14(16)8-12;1-10-3-6-12(7-4-10)13-8-5-11(2)14(15)9-13;1-8-3-4-13(16-7-8)10-5-11(14)9(2)12(15)6-10;1-9-3-6-13(15-8-9)11-5-4-10(2)12(14)7-11;1-7-5-15-12(16-6-7)9-3-10(13)8(2)11(14)4-9;1-8-6-14-12(15-7-8)10-4-3-9(2)11(13)5-10;;;;;;/h3-7H,1-2H3;3-8H,1-2H3;3-9H,1-2H3;5-6,8,13H,3-4,7H2,1-2H3;4-5,7,9,13H,3,6,8H2,1-2H3;3-4,7,12H,5-6H2,1-2H3;3-5,8,12H,6-7H2,1-2H3;6*1H4. The zero-order valence-electron chi connectivity index (χ0n) is 64.8. The first-order chi connectivity index (χ1) is 52.2. The van der Waals surface area contributed by atoms with Crippen molar-refractivity contribution in [1.29, 1.82) is 0 Å². The quantitative estimate of drug-likeness (QED) is 0.148. The van der Waals surface area contributed by atoms with Crippen LogP contribution in [0.1, 0.15) is 201 Å². The van der Waals surface area contributed by atoms with Gasteiger partial charge in [0.05, 0.1) is 38.6 Å². The Balaban J connectivity index is 0.000000455. The van der Waals surface area contributed by atoms with Crippen molar-refractivity contribution < 1.29 is 81.1 Å². The van der Waals surface area contributed by atoms with Crippen molar-refractivity contribution in [2.75, 3.05) is 39.6 Å². The van der Waals surface area contributed by atoms with Gasteiger partial charge in [-0.3, -0.25) is 0 Å². The van der Waals surface area contributed by atoms with Crippen molar-refractivity contribution >= 4 is 0 Å². The fourth-order valence-corrected chi connectivity index (χ4v) is 11.8. The van der Waals surface area contributed by atoms with Gasteiger partial charge in [0.25, 0.3) is 0 Å². The molecule has 18 heteroatoms. The summed E-state index contributed by atoms with van der Waals surface area (Å²) in [6, 6.07) is 46.4. The van der Waals surface area contributed by atoms with Gasteiger partial charge in [-0.2, -0.15) is 0 Å². The van der Waals surface area contributed by atoms with Gasteiger partial charge in [0, 0.05) is 64.0 Å². The van der Waals surface area contributed by atoms with Crippen LogP contribution in [0.15, 0.2) is 170 Å². The van der Waals surface area contributed by atoms with E-state index in [1.54, 1.807) is 52.0 Å². The lowest BCUT2D eigenvalue weighted by Gasteiger charge is -2.27. The van der Waals surface area contributed by atoms with E-state index in [0.717, 1.165) is 76.9 Å². The first kappa shape index (κ1) is 103. The van der Waals surface area contributed by atoms with Crippen molar-refractivity contribution in [2.45, 2.75) is 192 Å². The summed E-state index contributed by atoms with van der Waals surface area (Å²) >= 11 is 0.